The Labute approximate surface area is 125 Å². The van der Waals surface area contributed by atoms with Crippen LogP contribution in [0.4, 0.5) is 0 Å². The molecule has 104 valence electrons. The average molecular weight is 286 g/mol. The van der Waals surface area contributed by atoms with Crippen LogP contribution in [0, 0.1) is 6.92 Å². The van der Waals surface area contributed by atoms with Crippen molar-refractivity contribution < 1.29 is 0 Å². The summed E-state index contributed by atoms with van der Waals surface area (Å²) in [6.45, 7) is 2.02. The van der Waals surface area contributed by atoms with Gasteiger partial charge in [0.2, 0.25) is 0 Å². The molecule has 0 aliphatic heterocycles. The van der Waals surface area contributed by atoms with Crippen molar-refractivity contribution in [3.8, 4) is 0 Å². The number of hydrogen-bond acceptors (Lipinski definition) is 1. The first kappa shape index (κ1) is 13.7. The van der Waals surface area contributed by atoms with Crippen LogP contribution in [0.25, 0.3) is 0 Å². The molecule has 1 unspecified atom stereocenters. The van der Waals surface area contributed by atoms with Crippen LogP contribution in [-0.4, -0.2) is 0 Å². The van der Waals surface area contributed by atoms with E-state index in [-0.39, 0.29) is 6.04 Å². The number of fused-ring (bicyclic) bond motifs is 1. The van der Waals surface area contributed by atoms with Gasteiger partial charge in [0.05, 0.1) is 6.04 Å². The molecule has 0 spiro atoms. The Kier molecular flexibility index (Phi) is 3.82. The fraction of sp³-hybridized carbons (Fsp3) is 0.333. The molecule has 0 saturated carbocycles. The Balaban J connectivity index is 1.98. The predicted molar refractivity (Wildman–Crippen MR) is 85.3 cm³/mol. The Morgan fingerprint density at radius 3 is 2.60 bits per heavy atom. The monoisotopic (exact) mass is 285 g/mol. The van der Waals surface area contributed by atoms with E-state index in [2.05, 4.69) is 18.2 Å². The minimum Gasteiger partial charge on any atom is -0.320 e. The summed E-state index contributed by atoms with van der Waals surface area (Å²) in [5.74, 6) is 0. The van der Waals surface area contributed by atoms with E-state index in [1.54, 1.807) is 0 Å². The molecule has 0 radical (unpaired) electrons. The Morgan fingerprint density at radius 2 is 1.80 bits per heavy atom. The summed E-state index contributed by atoms with van der Waals surface area (Å²) in [4.78, 5) is 0. The quantitative estimate of drug-likeness (QED) is 0.859. The zero-order valence-corrected chi connectivity index (χ0v) is 12.6. The summed E-state index contributed by atoms with van der Waals surface area (Å²) in [5.41, 5.74) is 12.7. The van der Waals surface area contributed by atoms with Crippen LogP contribution in [0.1, 0.15) is 46.7 Å². The molecule has 2 heteroatoms. The lowest BCUT2D eigenvalue weighted by Gasteiger charge is -2.20. The summed E-state index contributed by atoms with van der Waals surface area (Å²) in [5, 5.41) is 0.790. The summed E-state index contributed by atoms with van der Waals surface area (Å²) >= 11 is 6.40. The molecule has 1 atom stereocenters. The molecule has 2 N–H and O–H groups in total. The van der Waals surface area contributed by atoms with Crippen LogP contribution >= 0.6 is 11.6 Å². The lowest BCUT2D eigenvalue weighted by Crippen LogP contribution is -2.14. The van der Waals surface area contributed by atoms with Crippen molar-refractivity contribution in [3.63, 3.8) is 0 Å². The molecule has 1 aliphatic carbocycles. The molecule has 0 saturated heterocycles. The second-order valence-electron chi connectivity index (χ2n) is 5.69. The molecule has 2 aromatic rings. The second kappa shape index (κ2) is 5.59. The third-order valence-electron chi connectivity index (χ3n) is 4.29. The first-order valence-corrected chi connectivity index (χ1v) is 7.67. The molecule has 20 heavy (non-hydrogen) atoms. The summed E-state index contributed by atoms with van der Waals surface area (Å²) < 4.78 is 0. The van der Waals surface area contributed by atoms with Gasteiger partial charge in [-0.15, -0.1) is 0 Å². The van der Waals surface area contributed by atoms with Crippen molar-refractivity contribution in [2.75, 3.05) is 0 Å². The highest BCUT2D eigenvalue weighted by Crippen LogP contribution is 2.31. The van der Waals surface area contributed by atoms with Crippen LogP contribution in [0.2, 0.25) is 5.02 Å². The first-order chi connectivity index (χ1) is 9.66. The van der Waals surface area contributed by atoms with Gasteiger partial charge in [-0.2, -0.15) is 0 Å². The van der Waals surface area contributed by atoms with Gasteiger partial charge in [0, 0.05) is 5.02 Å². The molecule has 0 amide bonds. The largest absolute Gasteiger partial charge is 0.320 e. The fourth-order valence-corrected chi connectivity index (χ4v) is 3.28. The van der Waals surface area contributed by atoms with Gasteiger partial charge in [-0.3, -0.25) is 0 Å². The number of rotatable bonds is 2. The van der Waals surface area contributed by atoms with E-state index in [0.29, 0.717) is 0 Å². The highest BCUT2D eigenvalue weighted by Gasteiger charge is 2.16. The van der Waals surface area contributed by atoms with Crippen molar-refractivity contribution in [3.05, 3.63) is 69.2 Å². The highest BCUT2D eigenvalue weighted by atomic mass is 35.5. The molecule has 1 aliphatic rings. The van der Waals surface area contributed by atoms with E-state index in [4.69, 9.17) is 17.3 Å². The Morgan fingerprint density at radius 1 is 1.05 bits per heavy atom. The molecule has 1 nitrogen and oxygen atoms in total. The van der Waals surface area contributed by atoms with Crippen molar-refractivity contribution in [1.82, 2.24) is 0 Å². The van der Waals surface area contributed by atoms with E-state index in [1.165, 1.54) is 36.8 Å². The third-order valence-corrected chi connectivity index (χ3v) is 4.80. The Hall–Kier alpha value is -1.31. The van der Waals surface area contributed by atoms with E-state index < -0.39 is 0 Å². The van der Waals surface area contributed by atoms with E-state index in [9.17, 15) is 0 Å². The number of benzene rings is 2. The minimum atomic E-state index is -0.144. The van der Waals surface area contributed by atoms with E-state index in [1.807, 2.05) is 25.1 Å². The smallest absolute Gasteiger partial charge is 0.0566 e. The zero-order chi connectivity index (χ0) is 14.1. The van der Waals surface area contributed by atoms with E-state index in [0.717, 1.165) is 21.7 Å². The summed E-state index contributed by atoms with van der Waals surface area (Å²) in [7, 11) is 0. The normalized spacial score (nSPS) is 15.8. The lowest BCUT2D eigenvalue weighted by molar-refractivity contribution is 0.682. The number of halogens is 1. The molecule has 2 aromatic carbocycles. The Bertz CT molecular complexity index is 633. The van der Waals surface area contributed by atoms with Gasteiger partial charge in [0.1, 0.15) is 0 Å². The maximum absolute atomic E-state index is 6.43. The van der Waals surface area contributed by atoms with Gasteiger partial charge in [0.25, 0.3) is 0 Å². The second-order valence-corrected chi connectivity index (χ2v) is 6.07. The molecule has 0 bridgehead atoms. The average Bonchev–Trinajstić information content (AvgIpc) is 2.49. The number of nitrogens with two attached hydrogens (primary N) is 1. The molecular weight excluding hydrogens is 266 g/mol. The van der Waals surface area contributed by atoms with Gasteiger partial charge < -0.3 is 5.73 Å². The topological polar surface area (TPSA) is 26.0 Å². The van der Waals surface area contributed by atoms with Gasteiger partial charge in [-0.05, 0) is 60.4 Å². The maximum atomic E-state index is 6.43. The van der Waals surface area contributed by atoms with Gasteiger partial charge >= 0.3 is 0 Å². The number of aryl methyl sites for hydroxylation is 3. The molecule has 3 rings (SSSR count). The molecular formula is C18H20ClN. The third kappa shape index (κ3) is 2.48. The molecule has 0 aromatic heterocycles. The van der Waals surface area contributed by atoms with Crippen molar-refractivity contribution in [1.29, 1.82) is 0 Å². The highest BCUT2D eigenvalue weighted by molar-refractivity contribution is 6.32. The minimum absolute atomic E-state index is 0.144. The van der Waals surface area contributed by atoms with Gasteiger partial charge in [-0.1, -0.05) is 48.0 Å². The summed E-state index contributed by atoms with van der Waals surface area (Å²) in [6.07, 6.45) is 4.98. The number of hydrogen-bond donors (Lipinski definition) is 1. The first-order valence-electron chi connectivity index (χ1n) is 7.29. The molecule has 0 fully saturated rings. The van der Waals surface area contributed by atoms with Crippen LogP contribution in [0.15, 0.2) is 36.4 Å². The lowest BCUT2D eigenvalue weighted by atomic mass is 9.88. The van der Waals surface area contributed by atoms with Crippen LogP contribution in [0.3, 0.4) is 0 Å². The SMILES string of the molecule is Cc1cccc(C(N)c2ccc3c(c2)CCCC3)c1Cl. The maximum Gasteiger partial charge on any atom is 0.0566 e. The zero-order valence-electron chi connectivity index (χ0n) is 11.8. The van der Waals surface area contributed by atoms with Crippen molar-refractivity contribution in [2.45, 2.75) is 38.6 Å². The van der Waals surface area contributed by atoms with Crippen LogP contribution in [-0.2, 0) is 12.8 Å². The van der Waals surface area contributed by atoms with Crippen LogP contribution < -0.4 is 5.73 Å². The van der Waals surface area contributed by atoms with E-state index >= 15 is 0 Å². The van der Waals surface area contributed by atoms with Crippen LogP contribution in [0.5, 0.6) is 0 Å². The van der Waals surface area contributed by atoms with Crippen molar-refractivity contribution in [2.24, 2.45) is 5.73 Å². The van der Waals surface area contributed by atoms with Crippen molar-refractivity contribution >= 4 is 11.6 Å². The van der Waals surface area contributed by atoms with Gasteiger partial charge in [0.15, 0.2) is 0 Å². The van der Waals surface area contributed by atoms with Gasteiger partial charge in [-0.25, -0.2) is 0 Å². The standard InChI is InChI=1S/C18H20ClN/c1-12-5-4-8-16(17(12)19)18(20)15-10-9-13-6-2-3-7-14(13)11-15/h4-5,8-11,18H,2-3,6-7,20H2,1H3. The predicted octanol–water partition coefficient (Wildman–Crippen LogP) is 4.58. The fourth-order valence-electron chi connectivity index (χ4n) is 3.04. The molecule has 0 heterocycles. The summed E-state index contributed by atoms with van der Waals surface area (Å²) in [6, 6.07) is 12.6.